The normalized spacial score (nSPS) is 20.4. The van der Waals surface area contributed by atoms with Crippen LogP contribution in [0.4, 0.5) is 17.6 Å². The molecule has 3 heterocycles. The molecule has 0 bridgehead atoms. The van der Waals surface area contributed by atoms with Crippen molar-refractivity contribution in [3.8, 4) is 0 Å². The quantitative estimate of drug-likeness (QED) is 0.682. The number of fused-ring (bicyclic) bond motifs is 3. The number of esters is 1. The number of carbonyl (C=O) groups is 3. The lowest BCUT2D eigenvalue weighted by Crippen LogP contribution is -2.70. The summed E-state index contributed by atoms with van der Waals surface area (Å²) >= 11 is 0. The first-order valence-electron chi connectivity index (χ1n) is 9.44. The van der Waals surface area contributed by atoms with E-state index in [1.54, 1.807) is 38.1 Å². The Morgan fingerprint density at radius 3 is 2.50 bits per heavy atom. The third kappa shape index (κ3) is 2.81. The van der Waals surface area contributed by atoms with Gasteiger partial charge in [-0.3, -0.25) is 14.5 Å². The minimum atomic E-state index is -1.58. The summed E-state index contributed by atoms with van der Waals surface area (Å²) in [6.45, 7) is 3.24. The molecule has 1 saturated heterocycles. The predicted molar refractivity (Wildman–Crippen MR) is 106 cm³/mol. The number of hydrogen-bond donors (Lipinski definition) is 2. The van der Waals surface area contributed by atoms with E-state index < -0.39 is 11.6 Å². The molecule has 11 heteroatoms. The van der Waals surface area contributed by atoms with Crippen LogP contribution in [-0.4, -0.2) is 49.3 Å². The zero-order valence-electron chi connectivity index (χ0n) is 16.5. The molecule has 0 spiro atoms. The van der Waals surface area contributed by atoms with Crippen LogP contribution in [0, 0.1) is 0 Å². The highest BCUT2D eigenvalue weighted by Gasteiger charge is 2.62. The Hall–Kier alpha value is -3.76. The Labute approximate surface area is 172 Å². The summed E-state index contributed by atoms with van der Waals surface area (Å²) in [6, 6.07) is 6.37. The van der Waals surface area contributed by atoms with Crippen molar-refractivity contribution in [2.24, 2.45) is 0 Å². The van der Waals surface area contributed by atoms with Gasteiger partial charge in [-0.05, 0) is 26.0 Å². The van der Waals surface area contributed by atoms with Crippen LogP contribution in [0.3, 0.4) is 0 Å². The highest BCUT2D eigenvalue weighted by atomic mass is 16.5. The molecule has 1 unspecified atom stereocenters. The van der Waals surface area contributed by atoms with Crippen LogP contribution in [0.15, 0.2) is 24.3 Å². The van der Waals surface area contributed by atoms with Gasteiger partial charge in [0.1, 0.15) is 0 Å². The molecule has 0 radical (unpaired) electrons. The summed E-state index contributed by atoms with van der Waals surface area (Å²) in [5, 5.41) is 0. The average Bonchev–Trinajstić information content (AvgIpc) is 3.03. The molecule has 4 rings (SSSR count). The highest BCUT2D eigenvalue weighted by Crippen LogP contribution is 2.46. The van der Waals surface area contributed by atoms with E-state index in [1.807, 2.05) is 0 Å². The van der Waals surface area contributed by atoms with Crippen molar-refractivity contribution in [2.75, 3.05) is 16.4 Å². The van der Waals surface area contributed by atoms with Crippen LogP contribution < -0.4 is 16.4 Å². The van der Waals surface area contributed by atoms with E-state index in [2.05, 4.69) is 15.0 Å². The third-order valence-corrected chi connectivity index (χ3v) is 5.19. The molecule has 1 aromatic carbocycles. The molecule has 30 heavy (non-hydrogen) atoms. The van der Waals surface area contributed by atoms with Gasteiger partial charge in [-0.1, -0.05) is 12.1 Å². The van der Waals surface area contributed by atoms with E-state index in [4.69, 9.17) is 16.2 Å². The van der Waals surface area contributed by atoms with Gasteiger partial charge in [0.25, 0.3) is 5.91 Å². The zero-order valence-corrected chi connectivity index (χ0v) is 16.5. The molecule has 2 amide bonds. The molecule has 0 aliphatic carbocycles. The maximum Gasteiger partial charge on any atom is 0.354 e. The SMILES string of the molecule is CC(C)N1C(=O)c2ccccc2N2C(=O)CCC21C(=O)OCc1nc(N)nc(N)n1. The van der Waals surface area contributed by atoms with E-state index in [0.717, 1.165) is 0 Å². The summed E-state index contributed by atoms with van der Waals surface area (Å²) in [5.41, 5.74) is 10.3. The fourth-order valence-corrected chi connectivity index (χ4v) is 4.14. The van der Waals surface area contributed by atoms with Gasteiger partial charge in [0.15, 0.2) is 12.4 Å². The molecule has 0 saturated carbocycles. The number of amides is 2. The number of anilines is 3. The molecular formula is C19H21N7O4. The molecule has 1 atom stereocenters. The van der Waals surface area contributed by atoms with E-state index in [9.17, 15) is 14.4 Å². The monoisotopic (exact) mass is 411 g/mol. The number of aromatic nitrogens is 3. The van der Waals surface area contributed by atoms with Crippen LogP contribution in [0.2, 0.25) is 0 Å². The van der Waals surface area contributed by atoms with Gasteiger partial charge in [-0.25, -0.2) is 4.79 Å². The van der Waals surface area contributed by atoms with Crippen LogP contribution >= 0.6 is 0 Å². The van der Waals surface area contributed by atoms with Crippen molar-refractivity contribution < 1.29 is 19.1 Å². The first-order chi connectivity index (χ1) is 14.3. The number of ether oxygens (including phenoxy) is 1. The van der Waals surface area contributed by atoms with Crippen molar-refractivity contribution in [3.05, 3.63) is 35.7 Å². The summed E-state index contributed by atoms with van der Waals surface area (Å²) in [7, 11) is 0. The maximum absolute atomic E-state index is 13.4. The molecule has 1 fully saturated rings. The first kappa shape index (κ1) is 19.6. The zero-order chi connectivity index (χ0) is 21.6. The van der Waals surface area contributed by atoms with Gasteiger partial charge in [-0.15, -0.1) is 0 Å². The van der Waals surface area contributed by atoms with E-state index in [0.29, 0.717) is 11.3 Å². The van der Waals surface area contributed by atoms with Gasteiger partial charge in [0.2, 0.25) is 23.5 Å². The van der Waals surface area contributed by atoms with Crippen LogP contribution in [0.25, 0.3) is 0 Å². The number of carbonyl (C=O) groups excluding carboxylic acids is 3. The second-order valence-electron chi connectivity index (χ2n) is 7.38. The van der Waals surface area contributed by atoms with Gasteiger partial charge in [0.05, 0.1) is 11.3 Å². The summed E-state index contributed by atoms with van der Waals surface area (Å²) in [4.78, 5) is 53.8. The first-order valence-corrected chi connectivity index (χ1v) is 9.44. The van der Waals surface area contributed by atoms with Crippen molar-refractivity contribution in [1.82, 2.24) is 19.9 Å². The smallest absolute Gasteiger partial charge is 0.354 e. The van der Waals surface area contributed by atoms with Crippen LogP contribution in [0.1, 0.15) is 42.9 Å². The fourth-order valence-electron chi connectivity index (χ4n) is 4.14. The maximum atomic E-state index is 13.4. The molecule has 2 aromatic rings. The van der Waals surface area contributed by atoms with Crippen molar-refractivity contribution in [3.63, 3.8) is 0 Å². The van der Waals surface area contributed by atoms with E-state index >= 15 is 0 Å². The number of hydrogen-bond acceptors (Lipinski definition) is 9. The minimum absolute atomic E-state index is 0.0688. The van der Waals surface area contributed by atoms with Crippen molar-refractivity contribution in [2.45, 2.75) is 45.0 Å². The molecular weight excluding hydrogens is 390 g/mol. The largest absolute Gasteiger partial charge is 0.454 e. The second-order valence-corrected chi connectivity index (χ2v) is 7.38. The second kappa shape index (κ2) is 6.94. The molecule has 2 aliphatic rings. The summed E-state index contributed by atoms with van der Waals surface area (Å²) in [5.74, 6) is -1.48. The molecule has 4 N–H and O–H groups in total. The van der Waals surface area contributed by atoms with Gasteiger partial charge in [-0.2, -0.15) is 15.0 Å². The lowest BCUT2D eigenvalue weighted by atomic mass is 9.95. The Morgan fingerprint density at radius 1 is 1.17 bits per heavy atom. The van der Waals surface area contributed by atoms with Crippen LogP contribution in [-0.2, 0) is 20.9 Å². The Bertz CT molecular complexity index is 1040. The number of nitrogens with zero attached hydrogens (tertiary/aromatic N) is 5. The number of nitrogen functional groups attached to an aromatic ring is 2. The van der Waals surface area contributed by atoms with E-state index in [-0.39, 0.29) is 55.0 Å². The predicted octanol–water partition coefficient (Wildman–Crippen LogP) is 0.467. The Morgan fingerprint density at radius 2 is 1.83 bits per heavy atom. The highest BCUT2D eigenvalue weighted by molar-refractivity contribution is 6.15. The van der Waals surface area contributed by atoms with E-state index in [1.165, 1.54) is 9.80 Å². The van der Waals surface area contributed by atoms with Crippen LogP contribution in [0.5, 0.6) is 0 Å². The standard InChI is InChI=1S/C19H21N7O4/c1-10(2)25-15(28)11-5-3-4-6-12(11)26-14(27)7-8-19(25,26)16(29)30-9-13-22-17(20)24-18(21)23-13/h3-6,10H,7-9H2,1-2H3,(H4,20,21,22,23,24). The third-order valence-electron chi connectivity index (χ3n) is 5.19. The number of para-hydroxylation sites is 1. The number of rotatable bonds is 4. The fraction of sp³-hybridized carbons (Fsp3) is 0.368. The Balaban J connectivity index is 1.75. The summed E-state index contributed by atoms with van der Waals surface area (Å²) < 4.78 is 5.48. The topological polar surface area (TPSA) is 158 Å². The van der Waals surface area contributed by atoms with Gasteiger partial charge < -0.3 is 21.1 Å². The lowest BCUT2D eigenvalue weighted by molar-refractivity contribution is -0.160. The average molecular weight is 411 g/mol. The molecule has 2 aliphatic heterocycles. The van der Waals surface area contributed by atoms with Crippen molar-refractivity contribution >= 4 is 35.4 Å². The lowest BCUT2D eigenvalue weighted by Gasteiger charge is -2.50. The molecule has 156 valence electrons. The molecule has 11 nitrogen and oxygen atoms in total. The van der Waals surface area contributed by atoms with Gasteiger partial charge >= 0.3 is 5.97 Å². The minimum Gasteiger partial charge on any atom is -0.454 e. The van der Waals surface area contributed by atoms with Gasteiger partial charge in [0, 0.05) is 18.9 Å². The molecule has 1 aromatic heterocycles. The summed E-state index contributed by atoms with van der Waals surface area (Å²) in [6.07, 6.45) is 0.218. The number of benzene rings is 1. The Kier molecular flexibility index (Phi) is 4.52. The van der Waals surface area contributed by atoms with Crippen molar-refractivity contribution in [1.29, 1.82) is 0 Å². The number of nitrogens with two attached hydrogens (primary N) is 2.